The van der Waals surface area contributed by atoms with Gasteiger partial charge in [-0.15, -0.1) is 11.8 Å². The molecule has 0 bridgehead atoms. The maximum Gasteiger partial charge on any atom is 0.305 e. The Hall–Kier alpha value is -1.21. The van der Waals surface area contributed by atoms with Crippen molar-refractivity contribution in [3.8, 4) is 6.07 Å². The smallest absolute Gasteiger partial charge is 0.305 e. The number of hydrogen-bond donors (Lipinski definition) is 0. The Bertz CT molecular complexity index is 533. The van der Waals surface area contributed by atoms with Gasteiger partial charge in [0.2, 0.25) is 0 Å². The highest BCUT2D eigenvalue weighted by Crippen LogP contribution is 2.40. The molecule has 0 spiro atoms. The molecule has 1 rings (SSSR count). The van der Waals surface area contributed by atoms with Crippen LogP contribution >= 0.6 is 11.8 Å². The number of ether oxygens (including phenoxy) is 1. The van der Waals surface area contributed by atoms with E-state index in [1.165, 1.54) is 37.7 Å². The van der Waals surface area contributed by atoms with Crippen molar-refractivity contribution in [1.82, 2.24) is 0 Å². The Morgan fingerprint density at radius 3 is 2.85 bits per heavy atom. The molecule has 0 saturated heterocycles. The second-order valence-corrected chi connectivity index (χ2v) is 8.72. The number of rotatable bonds is 14. The van der Waals surface area contributed by atoms with Crippen LogP contribution in [0.1, 0.15) is 84.5 Å². The van der Waals surface area contributed by atoms with E-state index in [4.69, 9.17) is 0 Å². The van der Waals surface area contributed by atoms with Gasteiger partial charge in [0.25, 0.3) is 0 Å². The van der Waals surface area contributed by atoms with Gasteiger partial charge in [-0.05, 0) is 50.2 Å². The lowest BCUT2D eigenvalue weighted by atomic mass is 9.98. The van der Waals surface area contributed by atoms with Crippen LogP contribution in [0.5, 0.6) is 0 Å². The van der Waals surface area contributed by atoms with Gasteiger partial charge in [0.1, 0.15) is 0 Å². The SMILES string of the molecule is CCCCC(C)CC/C=C/C1CCC(C#N)=C1SCCCCCC(=O)OC. The monoisotopic (exact) mass is 391 g/mol. The summed E-state index contributed by atoms with van der Waals surface area (Å²) in [5.74, 6) is 2.15. The summed E-state index contributed by atoms with van der Waals surface area (Å²) >= 11 is 1.85. The lowest BCUT2D eigenvalue weighted by Gasteiger charge is -2.11. The van der Waals surface area contributed by atoms with Crippen LogP contribution in [-0.2, 0) is 9.53 Å². The summed E-state index contributed by atoms with van der Waals surface area (Å²) in [7, 11) is 1.44. The Balaban J connectivity index is 2.34. The first kappa shape index (κ1) is 23.8. The van der Waals surface area contributed by atoms with Crippen LogP contribution < -0.4 is 0 Å². The summed E-state index contributed by atoms with van der Waals surface area (Å²) in [6.45, 7) is 4.61. The van der Waals surface area contributed by atoms with Crippen LogP contribution in [0.15, 0.2) is 22.6 Å². The Kier molecular flexibility index (Phi) is 13.1. The lowest BCUT2D eigenvalue weighted by molar-refractivity contribution is -0.140. The second-order valence-electron chi connectivity index (χ2n) is 7.59. The maximum absolute atomic E-state index is 11.1. The molecule has 0 aliphatic heterocycles. The summed E-state index contributed by atoms with van der Waals surface area (Å²) < 4.78 is 4.67. The zero-order chi connectivity index (χ0) is 19.9. The van der Waals surface area contributed by atoms with Gasteiger partial charge in [0.05, 0.1) is 13.2 Å². The second kappa shape index (κ2) is 14.8. The fourth-order valence-electron chi connectivity index (χ4n) is 3.44. The van der Waals surface area contributed by atoms with E-state index in [2.05, 4.69) is 36.8 Å². The number of carbonyl (C=O) groups is 1. The molecule has 1 aliphatic carbocycles. The van der Waals surface area contributed by atoms with Crippen LogP contribution in [0.4, 0.5) is 0 Å². The molecule has 152 valence electrons. The fourth-order valence-corrected chi connectivity index (χ4v) is 4.74. The van der Waals surface area contributed by atoms with Crippen molar-refractivity contribution in [3.05, 3.63) is 22.6 Å². The molecule has 0 radical (unpaired) electrons. The molecule has 0 amide bonds. The van der Waals surface area contributed by atoms with E-state index in [1.54, 1.807) is 0 Å². The van der Waals surface area contributed by atoms with E-state index < -0.39 is 0 Å². The molecule has 0 aromatic carbocycles. The van der Waals surface area contributed by atoms with E-state index in [0.29, 0.717) is 12.3 Å². The Labute approximate surface area is 170 Å². The van der Waals surface area contributed by atoms with Gasteiger partial charge >= 0.3 is 5.97 Å². The van der Waals surface area contributed by atoms with Crippen LogP contribution in [0, 0.1) is 23.2 Å². The summed E-state index contributed by atoms with van der Waals surface area (Å²) in [5.41, 5.74) is 0.987. The van der Waals surface area contributed by atoms with E-state index in [1.807, 2.05) is 11.8 Å². The minimum absolute atomic E-state index is 0.123. The first-order chi connectivity index (χ1) is 13.1. The Morgan fingerprint density at radius 1 is 1.33 bits per heavy atom. The maximum atomic E-state index is 11.1. The molecule has 1 aliphatic rings. The average Bonchev–Trinajstić information content (AvgIpc) is 3.07. The van der Waals surface area contributed by atoms with E-state index in [0.717, 1.165) is 55.8 Å². The third-order valence-electron chi connectivity index (χ3n) is 5.23. The zero-order valence-electron chi connectivity index (χ0n) is 17.5. The molecule has 3 nitrogen and oxygen atoms in total. The van der Waals surface area contributed by atoms with Gasteiger partial charge in [0, 0.05) is 22.8 Å². The molecule has 4 heteroatoms. The molecule has 2 atom stereocenters. The molecule has 0 heterocycles. The van der Waals surface area contributed by atoms with Crippen LogP contribution in [0.3, 0.4) is 0 Å². The number of carbonyl (C=O) groups excluding carboxylic acids is 1. The molecule has 0 aromatic heterocycles. The quantitative estimate of drug-likeness (QED) is 0.185. The predicted molar refractivity (Wildman–Crippen MR) is 115 cm³/mol. The van der Waals surface area contributed by atoms with Crippen molar-refractivity contribution < 1.29 is 9.53 Å². The number of methoxy groups -OCH3 is 1. The van der Waals surface area contributed by atoms with Crippen molar-refractivity contribution >= 4 is 17.7 Å². The predicted octanol–water partition coefficient (Wildman–Crippen LogP) is 6.80. The highest BCUT2D eigenvalue weighted by molar-refractivity contribution is 8.03. The molecule has 0 N–H and O–H groups in total. The van der Waals surface area contributed by atoms with Crippen molar-refractivity contribution in [2.75, 3.05) is 12.9 Å². The molecular formula is C23H37NO2S. The van der Waals surface area contributed by atoms with Gasteiger partial charge in [0.15, 0.2) is 0 Å². The molecule has 0 aromatic rings. The minimum atomic E-state index is -0.123. The highest BCUT2D eigenvalue weighted by Gasteiger charge is 2.23. The first-order valence-electron chi connectivity index (χ1n) is 10.6. The van der Waals surface area contributed by atoms with Gasteiger partial charge in [-0.25, -0.2) is 0 Å². The number of esters is 1. The largest absolute Gasteiger partial charge is 0.469 e. The third kappa shape index (κ3) is 10.1. The number of nitrogens with zero attached hydrogens (tertiary/aromatic N) is 1. The minimum Gasteiger partial charge on any atom is -0.469 e. The van der Waals surface area contributed by atoms with Gasteiger partial charge in [-0.1, -0.05) is 51.7 Å². The van der Waals surface area contributed by atoms with Crippen LogP contribution in [0.25, 0.3) is 0 Å². The van der Waals surface area contributed by atoms with E-state index in [-0.39, 0.29) is 5.97 Å². The van der Waals surface area contributed by atoms with Crippen molar-refractivity contribution in [2.24, 2.45) is 11.8 Å². The summed E-state index contributed by atoms with van der Waals surface area (Å²) in [6, 6.07) is 2.41. The van der Waals surface area contributed by atoms with Crippen LogP contribution in [-0.4, -0.2) is 18.8 Å². The van der Waals surface area contributed by atoms with Gasteiger partial charge < -0.3 is 4.74 Å². The van der Waals surface area contributed by atoms with Crippen molar-refractivity contribution in [1.29, 1.82) is 5.26 Å². The Morgan fingerprint density at radius 2 is 2.15 bits per heavy atom. The van der Waals surface area contributed by atoms with Gasteiger partial charge in [-0.3, -0.25) is 4.79 Å². The molecule has 0 fully saturated rings. The third-order valence-corrected chi connectivity index (χ3v) is 6.58. The van der Waals surface area contributed by atoms with Crippen LogP contribution in [0.2, 0.25) is 0 Å². The summed E-state index contributed by atoms with van der Waals surface area (Å²) in [6.07, 6.45) is 16.6. The van der Waals surface area contributed by atoms with Gasteiger partial charge in [-0.2, -0.15) is 5.26 Å². The first-order valence-corrected chi connectivity index (χ1v) is 11.6. The number of allylic oxidation sites excluding steroid dienone is 4. The number of thioether (sulfide) groups is 1. The van der Waals surface area contributed by atoms with Crippen molar-refractivity contribution in [2.45, 2.75) is 84.5 Å². The van der Waals surface area contributed by atoms with E-state index >= 15 is 0 Å². The summed E-state index contributed by atoms with van der Waals surface area (Å²) in [4.78, 5) is 12.4. The van der Waals surface area contributed by atoms with E-state index in [9.17, 15) is 10.1 Å². The number of nitriles is 1. The summed E-state index contributed by atoms with van der Waals surface area (Å²) in [5, 5.41) is 9.41. The fraction of sp³-hybridized carbons (Fsp3) is 0.739. The van der Waals surface area contributed by atoms with Crippen molar-refractivity contribution in [3.63, 3.8) is 0 Å². The molecule has 2 unspecified atom stereocenters. The lowest BCUT2D eigenvalue weighted by Crippen LogP contribution is -1.99. The molecule has 27 heavy (non-hydrogen) atoms. The number of hydrogen-bond acceptors (Lipinski definition) is 4. The standard InChI is InChI=1S/C23H37NO2S/c1-4-5-11-19(2)12-8-9-13-20-15-16-21(18-24)23(20)27-17-10-6-7-14-22(25)26-3/h9,13,19-20H,4-8,10-12,14-17H2,1-3H3/b13-9+. The highest BCUT2D eigenvalue weighted by atomic mass is 32.2. The number of unbranched alkanes of at least 4 members (excludes halogenated alkanes) is 3. The molecule has 0 saturated carbocycles. The molecular weight excluding hydrogens is 354 g/mol. The topological polar surface area (TPSA) is 50.1 Å². The average molecular weight is 392 g/mol. The zero-order valence-corrected chi connectivity index (χ0v) is 18.3. The normalized spacial score (nSPS) is 18.1.